The van der Waals surface area contributed by atoms with Crippen molar-refractivity contribution in [3.05, 3.63) is 83.6 Å². The molecular weight excluding hydrogens is 418 g/mol. The Morgan fingerprint density at radius 3 is 2.50 bits per heavy atom. The van der Waals surface area contributed by atoms with Gasteiger partial charge in [-0.15, -0.1) is 0 Å². The summed E-state index contributed by atoms with van der Waals surface area (Å²) >= 11 is 0. The number of rotatable bonds is 4. The van der Waals surface area contributed by atoms with Crippen molar-refractivity contribution in [1.82, 2.24) is 0 Å². The summed E-state index contributed by atoms with van der Waals surface area (Å²) in [4.78, 5) is 25.7. The quantitative estimate of drug-likeness (QED) is 0.527. The van der Waals surface area contributed by atoms with Crippen LogP contribution in [0.15, 0.2) is 71.4 Å². The topological polar surface area (TPSA) is 82.8 Å². The number of halogens is 2. The monoisotopic (exact) mass is 438 g/mol. The third kappa shape index (κ3) is 4.12. The summed E-state index contributed by atoms with van der Waals surface area (Å²) in [5, 5.41) is 12.2. The molecule has 2 heterocycles. The first kappa shape index (κ1) is 21.3. The molecule has 0 unspecified atom stereocenters. The molecule has 0 aliphatic carbocycles. The molecule has 32 heavy (non-hydrogen) atoms. The molecule has 1 amide bonds. The van der Waals surface area contributed by atoms with Crippen LogP contribution in [0.3, 0.4) is 0 Å². The molecule has 1 aliphatic heterocycles. The van der Waals surface area contributed by atoms with Gasteiger partial charge in [0.1, 0.15) is 0 Å². The standard InChI is InChI=1S/C24H20F2N2O4/c1-15-10-13-32-22(15)27-17-8-6-16(7-9-17)23(31)28-12-11-24(25,26)19(14-21(29)30)18-4-2-3-5-20(18)28/h2-10,13-14,27H,11-12H2,1H3,(H,29,30). The Bertz CT molecular complexity index is 1200. The summed E-state index contributed by atoms with van der Waals surface area (Å²) in [5.41, 5.74) is 1.61. The lowest BCUT2D eigenvalue weighted by Crippen LogP contribution is -2.33. The average Bonchev–Trinajstić information content (AvgIpc) is 3.12. The van der Waals surface area contributed by atoms with Crippen LogP contribution < -0.4 is 10.2 Å². The number of furan rings is 1. The maximum absolute atomic E-state index is 14.8. The molecule has 1 aromatic heterocycles. The summed E-state index contributed by atoms with van der Waals surface area (Å²) in [7, 11) is 0. The molecule has 8 heteroatoms. The first-order valence-corrected chi connectivity index (χ1v) is 9.91. The van der Waals surface area contributed by atoms with Crippen LogP contribution in [0.2, 0.25) is 0 Å². The van der Waals surface area contributed by atoms with Gasteiger partial charge in [-0.3, -0.25) is 4.79 Å². The van der Waals surface area contributed by atoms with Crippen LogP contribution in [0.4, 0.5) is 26.0 Å². The highest BCUT2D eigenvalue weighted by Gasteiger charge is 2.41. The Labute approximate surface area is 182 Å². The van der Waals surface area contributed by atoms with Crippen molar-refractivity contribution in [3.63, 3.8) is 0 Å². The molecule has 1 aliphatic rings. The number of aliphatic carboxylic acids is 1. The van der Waals surface area contributed by atoms with Gasteiger partial charge in [0.05, 0.1) is 12.0 Å². The smallest absolute Gasteiger partial charge is 0.328 e. The number of benzene rings is 2. The van der Waals surface area contributed by atoms with E-state index in [1.54, 1.807) is 42.7 Å². The SMILES string of the molecule is Cc1ccoc1Nc1ccc(C(=O)N2CCC(F)(F)C(=CC(=O)O)c3ccccc32)cc1. The summed E-state index contributed by atoms with van der Waals surface area (Å²) in [6.45, 7) is 1.63. The molecular formula is C24H20F2N2O4. The van der Waals surface area contributed by atoms with Crippen molar-refractivity contribution >= 4 is 34.7 Å². The second kappa shape index (κ2) is 8.30. The number of carbonyl (C=O) groups excluding carboxylic acids is 1. The minimum Gasteiger partial charge on any atom is -0.478 e. The summed E-state index contributed by atoms with van der Waals surface area (Å²) < 4.78 is 34.9. The van der Waals surface area contributed by atoms with E-state index in [1.807, 2.05) is 13.0 Å². The van der Waals surface area contributed by atoms with Crippen molar-refractivity contribution in [2.75, 3.05) is 16.8 Å². The molecule has 4 rings (SSSR count). The van der Waals surface area contributed by atoms with E-state index in [-0.39, 0.29) is 17.8 Å². The molecule has 0 spiro atoms. The number of nitrogens with one attached hydrogen (secondary N) is 1. The van der Waals surface area contributed by atoms with Crippen LogP contribution in [0.25, 0.3) is 5.57 Å². The van der Waals surface area contributed by atoms with Crippen molar-refractivity contribution in [2.45, 2.75) is 19.3 Å². The van der Waals surface area contributed by atoms with Crippen LogP contribution in [-0.4, -0.2) is 29.5 Å². The van der Waals surface area contributed by atoms with Gasteiger partial charge in [0.15, 0.2) is 5.88 Å². The van der Waals surface area contributed by atoms with Crippen molar-refractivity contribution in [1.29, 1.82) is 0 Å². The van der Waals surface area contributed by atoms with Gasteiger partial charge in [-0.1, -0.05) is 18.2 Å². The Morgan fingerprint density at radius 1 is 1.12 bits per heavy atom. The fourth-order valence-corrected chi connectivity index (χ4v) is 3.64. The largest absolute Gasteiger partial charge is 0.478 e. The van der Waals surface area contributed by atoms with E-state index < -0.39 is 29.8 Å². The number of para-hydroxylation sites is 1. The van der Waals surface area contributed by atoms with Crippen LogP contribution in [0, 0.1) is 6.92 Å². The molecule has 3 aromatic rings. The number of anilines is 3. The molecule has 2 aromatic carbocycles. The fourth-order valence-electron chi connectivity index (χ4n) is 3.64. The molecule has 0 bridgehead atoms. The Hall–Kier alpha value is -3.94. The molecule has 2 N–H and O–H groups in total. The molecule has 0 fully saturated rings. The summed E-state index contributed by atoms with van der Waals surface area (Å²) in [6.07, 6.45) is 1.39. The Balaban J connectivity index is 1.66. The van der Waals surface area contributed by atoms with Crippen molar-refractivity contribution in [2.24, 2.45) is 0 Å². The number of aryl methyl sites for hydroxylation is 1. The number of allylic oxidation sites excluding steroid dienone is 1. The van der Waals surface area contributed by atoms with Crippen LogP contribution >= 0.6 is 0 Å². The number of amides is 1. The van der Waals surface area contributed by atoms with Gasteiger partial charge in [0, 0.05) is 47.0 Å². The number of alkyl halides is 2. The van der Waals surface area contributed by atoms with Crippen molar-refractivity contribution in [3.8, 4) is 0 Å². The molecule has 0 saturated carbocycles. The van der Waals surface area contributed by atoms with Gasteiger partial charge < -0.3 is 19.7 Å². The zero-order chi connectivity index (χ0) is 22.9. The summed E-state index contributed by atoms with van der Waals surface area (Å²) in [5.74, 6) is -4.72. The van der Waals surface area contributed by atoms with Crippen LogP contribution in [0.1, 0.15) is 27.9 Å². The second-order valence-electron chi connectivity index (χ2n) is 7.46. The van der Waals surface area contributed by atoms with Gasteiger partial charge >= 0.3 is 5.97 Å². The van der Waals surface area contributed by atoms with E-state index in [0.717, 1.165) is 5.56 Å². The van der Waals surface area contributed by atoms with Gasteiger partial charge in [-0.2, -0.15) is 0 Å². The van der Waals surface area contributed by atoms with E-state index in [1.165, 1.54) is 17.0 Å². The molecule has 6 nitrogen and oxygen atoms in total. The molecule has 164 valence electrons. The number of carboxylic acid groups (broad SMARTS) is 1. The van der Waals surface area contributed by atoms with E-state index in [0.29, 0.717) is 23.2 Å². The normalized spacial score (nSPS) is 16.3. The summed E-state index contributed by atoms with van der Waals surface area (Å²) in [6, 6.07) is 14.5. The number of carboxylic acids is 1. The molecule has 0 radical (unpaired) electrons. The third-order valence-corrected chi connectivity index (χ3v) is 5.29. The number of nitrogens with zero attached hydrogens (tertiary/aromatic N) is 1. The Morgan fingerprint density at radius 2 is 1.84 bits per heavy atom. The second-order valence-corrected chi connectivity index (χ2v) is 7.46. The van der Waals surface area contributed by atoms with Gasteiger partial charge in [-0.25, -0.2) is 13.6 Å². The average molecular weight is 438 g/mol. The van der Waals surface area contributed by atoms with Gasteiger partial charge in [0.25, 0.3) is 11.8 Å². The fraction of sp³-hybridized carbons (Fsp3) is 0.167. The van der Waals surface area contributed by atoms with Crippen LogP contribution in [0.5, 0.6) is 0 Å². The Kier molecular flexibility index (Phi) is 5.52. The first-order chi connectivity index (χ1) is 15.3. The predicted octanol–water partition coefficient (Wildman–Crippen LogP) is 5.49. The minimum atomic E-state index is -3.39. The van der Waals surface area contributed by atoms with Crippen molar-refractivity contribution < 1.29 is 27.9 Å². The number of carbonyl (C=O) groups is 2. The number of fused-ring (bicyclic) bond motifs is 1. The van der Waals surface area contributed by atoms with E-state index in [4.69, 9.17) is 9.52 Å². The highest BCUT2D eigenvalue weighted by molar-refractivity contribution is 6.08. The maximum atomic E-state index is 14.8. The number of hydrogen-bond donors (Lipinski definition) is 2. The van der Waals surface area contributed by atoms with E-state index in [9.17, 15) is 18.4 Å². The highest BCUT2D eigenvalue weighted by Crippen LogP contribution is 2.43. The zero-order valence-corrected chi connectivity index (χ0v) is 17.1. The third-order valence-electron chi connectivity index (χ3n) is 5.29. The van der Waals surface area contributed by atoms with Gasteiger partial charge in [-0.05, 0) is 43.3 Å². The minimum absolute atomic E-state index is 0.0253. The van der Waals surface area contributed by atoms with E-state index >= 15 is 0 Å². The maximum Gasteiger partial charge on any atom is 0.328 e. The van der Waals surface area contributed by atoms with Gasteiger partial charge in [0.2, 0.25) is 0 Å². The zero-order valence-electron chi connectivity index (χ0n) is 17.1. The van der Waals surface area contributed by atoms with E-state index in [2.05, 4.69) is 5.32 Å². The first-order valence-electron chi connectivity index (χ1n) is 9.91. The lowest BCUT2D eigenvalue weighted by Gasteiger charge is -2.23. The number of hydrogen-bond acceptors (Lipinski definition) is 4. The molecule has 0 atom stereocenters. The van der Waals surface area contributed by atoms with Crippen LogP contribution in [-0.2, 0) is 4.79 Å². The lowest BCUT2D eigenvalue weighted by atomic mass is 9.97. The lowest BCUT2D eigenvalue weighted by molar-refractivity contribution is -0.131. The molecule has 0 saturated heterocycles. The highest BCUT2D eigenvalue weighted by atomic mass is 19.3. The predicted molar refractivity (Wildman–Crippen MR) is 116 cm³/mol.